The van der Waals surface area contributed by atoms with E-state index in [-0.39, 0.29) is 37.4 Å². The van der Waals surface area contributed by atoms with Crippen molar-refractivity contribution in [1.82, 2.24) is 4.90 Å². The van der Waals surface area contributed by atoms with Crippen molar-refractivity contribution in [3.8, 4) is 0 Å². The predicted molar refractivity (Wildman–Crippen MR) is 102 cm³/mol. The largest absolute Gasteiger partial charge is 0.469 e. The first kappa shape index (κ1) is 23.0. The molecule has 0 saturated carbocycles. The van der Waals surface area contributed by atoms with E-state index in [1.807, 2.05) is 0 Å². The number of amides is 2. The van der Waals surface area contributed by atoms with Crippen LogP contribution in [0, 0.1) is 0 Å². The van der Waals surface area contributed by atoms with E-state index in [0.29, 0.717) is 57.4 Å². The van der Waals surface area contributed by atoms with Crippen LogP contribution in [0.1, 0.15) is 27.1 Å². The molecule has 1 heterocycles. The second kappa shape index (κ2) is 13.0. The van der Waals surface area contributed by atoms with Gasteiger partial charge in [0.1, 0.15) is 0 Å². The van der Waals surface area contributed by atoms with Crippen LogP contribution in [0.4, 0.5) is 0 Å². The van der Waals surface area contributed by atoms with Gasteiger partial charge in [-0.2, -0.15) is 0 Å². The molecule has 0 fully saturated rings. The molecule has 9 heteroatoms. The van der Waals surface area contributed by atoms with Gasteiger partial charge in [0.25, 0.3) is 11.8 Å². The van der Waals surface area contributed by atoms with E-state index >= 15 is 0 Å². The smallest absolute Gasteiger partial charge is 0.307 e. The Hall–Kier alpha value is -2.33. The van der Waals surface area contributed by atoms with Gasteiger partial charge < -0.3 is 23.7 Å². The summed E-state index contributed by atoms with van der Waals surface area (Å²) in [5.74, 6) is -0.862. The van der Waals surface area contributed by atoms with E-state index in [1.54, 1.807) is 24.3 Å². The molecule has 160 valence electrons. The van der Waals surface area contributed by atoms with E-state index < -0.39 is 0 Å². The maximum absolute atomic E-state index is 12.2. The zero-order valence-corrected chi connectivity index (χ0v) is 16.6. The van der Waals surface area contributed by atoms with Gasteiger partial charge in [0.05, 0.1) is 84.1 Å². The average molecular weight is 409 g/mol. The van der Waals surface area contributed by atoms with Crippen LogP contribution in [0.25, 0.3) is 0 Å². The molecule has 0 unspecified atom stereocenters. The lowest BCUT2D eigenvalue weighted by atomic mass is 10.1. The van der Waals surface area contributed by atoms with Crippen LogP contribution in [0.2, 0.25) is 0 Å². The van der Waals surface area contributed by atoms with Crippen LogP contribution in [-0.4, -0.2) is 89.2 Å². The minimum absolute atomic E-state index is 0.214. The van der Waals surface area contributed by atoms with Crippen LogP contribution >= 0.6 is 0 Å². The molecule has 1 aliphatic rings. The first-order chi connectivity index (χ1) is 14.1. The Morgan fingerprint density at radius 3 is 1.69 bits per heavy atom. The van der Waals surface area contributed by atoms with Crippen molar-refractivity contribution in [2.45, 2.75) is 6.42 Å². The highest BCUT2D eigenvalue weighted by Gasteiger charge is 2.34. The van der Waals surface area contributed by atoms with E-state index in [1.165, 1.54) is 12.0 Å². The fraction of sp³-hybridized carbons (Fsp3) is 0.550. The van der Waals surface area contributed by atoms with E-state index in [2.05, 4.69) is 4.74 Å². The lowest BCUT2D eigenvalue weighted by Gasteiger charge is -2.13. The van der Waals surface area contributed by atoms with E-state index in [0.717, 1.165) is 0 Å². The molecule has 0 aliphatic carbocycles. The van der Waals surface area contributed by atoms with Gasteiger partial charge in [-0.05, 0) is 12.1 Å². The highest BCUT2D eigenvalue weighted by molar-refractivity contribution is 6.21. The summed E-state index contributed by atoms with van der Waals surface area (Å²) in [6, 6.07) is 6.79. The summed E-state index contributed by atoms with van der Waals surface area (Å²) in [6.07, 6.45) is 0.229. The summed E-state index contributed by atoms with van der Waals surface area (Å²) in [5, 5.41) is 0. The second-order valence-electron chi connectivity index (χ2n) is 6.08. The van der Waals surface area contributed by atoms with Gasteiger partial charge in [0, 0.05) is 0 Å². The number of imide groups is 1. The zero-order valence-electron chi connectivity index (χ0n) is 16.6. The summed E-state index contributed by atoms with van der Waals surface area (Å²) in [5.41, 5.74) is 0.879. The molecular formula is C20H27NO8. The van der Waals surface area contributed by atoms with Gasteiger partial charge in [-0.3, -0.25) is 19.3 Å². The normalized spacial score (nSPS) is 13.1. The number of methoxy groups -OCH3 is 1. The Morgan fingerprint density at radius 1 is 0.759 bits per heavy atom. The van der Waals surface area contributed by atoms with Crippen LogP contribution in [0.3, 0.4) is 0 Å². The molecule has 2 rings (SSSR count). The molecule has 29 heavy (non-hydrogen) atoms. The van der Waals surface area contributed by atoms with E-state index in [9.17, 15) is 14.4 Å². The Bertz CT molecular complexity index is 643. The summed E-state index contributed by atoms with van der Waals surface area (Å²) < 4.78 is 25.8. The van der Waals surface area contributed by atoms with Crippen molar-refractivity contribution in [1.29, 1.82) is 0 Å². The Morgan fingerprint density at radius 2 is 1.21 bits per heavy atom. The predicted octanol–water partition coefficient (Wildman–Crippen LogP) is 0.912. The maximum Gasteiger partial charge on any atom is 0.307 e. The number of ether oxygens (including phenoxy) is 5. The molecule has 1 aromatic carbocycles. The summed E-state index contributed by atoms with van der Waals surface area (Å²) in [6.45, 7) is 3.20. The van der Waals surface area contributed by atoms with Crippen molar-refractivity contribution in [3.05, 3.63) is 35.4 Å². The Kier molecular flexibility index (Phi) is 10.3. The third-order valence-corrected chi connectivity index (χ3v) is 4.13. The Balaban J connectivity index is 1.40. The maximum atomic E-state index is 12.2. The van der Waals surface area contributed by atoms with Gasteiger partial charge in [-0.15, -0.1) is 0 Å². The molecule has 2 amide bonds. The zero-order chi connectivity index (χ0) is 20.9. The van der Waals surface area contributed by atoms with Crippen molar-refractivity contribution < 1.29 is 38.1 Å². The molecule has 0 bridgehead atoms. The number of rotatable bonds is 15. The minimum Gasteiger partial charge on any atom is -0.469 e. The van der Waals surface area contributed by atoms with Gasteiger partial charge in [-0.25, -0.2) is 0 Å². The highest BCUT2D eigenvalue weighted by atomic mass is 16.6. The molecule has 1 aromatic rings. The number of benzene rings is 1. The fourth-order valence-electron chi connectivity index (χ4n) is 2.62. The van der Waals surface area contributed by atoms with Crippen LogP contribution < -0.4 is 0 Å². The molecule has 0 N–H and O–H groups in total. The Labute approximate surface area is 169 Å². The fourth-order valence-corrected chi connectivity index (χ4v) is 2.62. The monoisotopic (exact) mass is 409 g/mol. The molecule has 0 radical (unpaired) electrons. The molecule has 0 aromatic heterocycles. The first-order valence-corrected chi connectivity index (χ1v) is 9.48. The molecular weight excluding hydrogens is 382 g/mol. The third-order valence-electron chi connectivity index (χ3n) is 4.13. The minimum atomic E-state index is -0.301. The number of carbonyl (C=O) groups excluding carboxylic acids is 3. The lowest BCUT2D eigenvalue weighted by Crippen LogP contribution is -2.33. The standard InChI is InChI=1S/C20H27NO8/c1-25-18(22)6-8-26-10-12-28-14-15-29-13-11-27-9-7-21-19(23)16-4-2-3-5-17(16)20(21)24/h2-5H,6-15H2,1H3. The van der Waals surface area contributed by atoms with Gasteiger partial charge >= 0.3 is 5.97 Å². The number of esters is 1. The lowest BCUT2D eigenvalue weighted by molar-refractivity contribution is -0.141. The van der Waals surface area contributed by atoms with Crippen LogP contribution in [0.5, 0.6) is 0 Å². The summed E-state index contributed by atoms with van der Waals surface area (Å²) >= 11 is 0. The third kappa shape index (κ3) is 7.54. The molecule has 9 nitrogen and oxygen atoms in total. The first-order valence-electron chi connectivity index (χ1n) is 9.48. The van der Waals surface area contributed by atoms with Crippen molar-refractivity contribution in [2.75, 3.05) is 66.5 Å². The highest BCUT2D eigenvalue weighted by Crippen LogP contribution is 2.21. The number of hydrogen-bond acceptors (Lipinski definition) is 8. The number of fused-ring (bicyclic) bond motifs is 1. The van der Waals surface area contributed by atoms with Gasteiger partial charge in [0.15, 0.2) is 0 Å². The van der Waals surface area contributed by atoms with E-state index in [4.69, 9.17) is 18.9 Å². The molecule has 0 saturated heterocycles. The molecule has 1 aliphatic heterocycles. The average Bonchev–Trinajstić information content (AvgIpc) is 2.98. The van der Waals surface area contributed by atoms with Gasteiger partial charge in [0.2, 0.25) is 0 Å². The quantitative estimate of drug-likeness (QED) is 0.239. The van der Waals surface area contributed by atoms with Gasteiger partial charge in [-0.1, -0.05) is 12.1 Å². The van der Waals surface area contributed by atoms with Crippen molar-refractivity contribution >= 4 is 17.8 Å². The summed E-state index contributed by atoms with van der Waals surface area (Å²) in [7, 11) is 1.34. The van der Waals surface area contributed by atoms with Crippen molar-refractivity contribution in [2.24, 2.45) is 0 Å². The molecule has 0 spiro atoms. The number of nitrogens with zero attached hydrogens (tertiary/aromatic N) is 1. The van der Waals surface area contributed by atoms with Crippen molar-refractivity contribution in [3.63, 3.8) is 0 Å². The number of carbonyl (C=O) groups is 3. The van der Waals surface area contributed by atoms with Crippen LogP contribution in [0.15, 0.2) is 24.3 Å². The number of hydrogen-bond donors (Lipinski definition) is 0. The summed E-state index contributed by atoms with van der Waals surface area (Å²) in [4.78, 5) is 36.4. The molecule has 0 atom stereocenters. The SMILES string of the molecule is COC(=O)CCOCCOCCOCCOCCN1C(=O)c2ccccc2C1=O. The topological polar surface area (TPSA) is 101 Å². The van der Waals surface area contributed by atoms with Crippen LogP contribution in [-0.2, 0) is 28.5 Å². The second-order valence-corrected chi connectivity index (χ2v) is 6.08.